The second-order valence-corrected chi connectivity index (χ2v) is 4.82. The van der Waals surface area contributed by atoms with E-state index < -0.39 is 5.60 Å². The van der Waals surface area contributed by atoms with Crippen molar-refractivity contribution in [2.75, 3.05) is 11.9 Å². The summed E-state index contributed by atoms with van der Waals surface area (Å²) in [5.41, 5.74) is 1.90. The zero-order chi connectivity index (χ0) is 10.9. The van der Waals surface area contributed by atoms with Gasteiger partial charge in [-0.25, -0.2) is 4.98 Å². The number of hydrogen-bond acceptors (Lipinski definition) is 3. The third-order valence-electron chi connectivity index (χ3n) is 2.63. The molecule has 0 radical (unpaired) electrons. The lowest BCUT2D eigenvalue weighted by atomic mass is 10.1. The minimum Gasteiger partial charge on any atom is -0.389 e. The Morgan fingerprint density at radius 2 is 2.20 bits per heavy atom. The Morgan fingerprint density at radius 1 is 1.40 bits per heavy atom. The van der Waals surface area contributed by atoms with Crippen molar-refractivity contribution in [3.8, 4) is 0 Å². The fourth-order valence-electron chi connectivity index (χ4n) is 1.83. The van der Waals surface area contributed by atoms with E-state index in [4.69, 9.17) is 0 Å². The summed E-state index contributed by atoms with van der Waals surface area (Å²) in [5.74, 6) is 0.873. The lowest BCUT2D eigenvalue weighted by molar-refractivity contribution is 0.0944. The minimum absolute atomic E-state index is 0.527. The number of hydrogen-bond donors (Lipinski definition) is 2. The van der Waals surface area contributed by atoms with Crippen LogP contribution in [-0.4, -0.2) is 22.2 Å². The van der Waals surface area contributed by atoms with E-state index in [9.17, 15) is 5.11 Å². The van der Waals surface area contributed by atoms with Gasteiger partial charge in [0, 0.05) is 12.2 Å². The Kier molecular flexibility index (Phi) is 2.65. The zero-order valence-corrected chi connectivity index (χ0v) is 9.38. The molecule has 1 aromatic heterocycles. The summed E-state index contributed by atoms with van der Waals surface area (Å²) in [6.45, 7) is 4.10. The van der Waals surface area contributed by atoms with Gasteiger partial charge >= 0.3 is 0 Å². The van der Waals surface area contributed by atoms with Crippen molar-refractivity contribution in [2.45, 2.75) is 38.7 Å². The predicted octanol–water partition coefficient (Wildman–Crippen LogP) is 1.75. The van der Waals surface area contributed by atoms with Crippen molar-refractivity contribution in [3.05, 3.63) is 23.4 Å². The van der Waals surface area contributed by atoms with Crippen LogP contribution in [0.15, 0.2) is 12.1 Å². The maximum Gasteiger partial charge on any atom is 0.126 e. The van der Waals surface area contributed by atoms with E-state index in [0.29, 0.717) is 6.54 Å². The van der Waals surface area contributed by atoms with Gasteiger partial charge in [-0.15, -0.1) is 0 Å². The van der Waals surface area contributed by atoms with Crippen molar-refractivity contribution in [1.82, 2.24) is 4.98 Å². The molecule has 0 amide bonds. The standard InChI is InChI=1S/C12H18N2O/c1-12(2,15)8-13-11-7-6-9-4-3-5-10(9)14-11/h6-7,15H,3-5,8H2,1-2H3,(H,13,14). The van der Waals surface area contributed by atoms with Crippen LogP contribution in [0.5, 0.6) is 0 Å². The number of rotatable bonds is 3. The van der Waals surface area contributed by atoms with Gasteiger partial charge in [-0.3, -0.25) is 0 Å². The van der Waals surface area contributed by atoms with Crippen molar-refractivity contribution in [2.24, 2.45) is 0 Å². The Morgan fingerprint density at radius 3 is 2.93 bits per heavy atom. The van der Waals surface area contributed by atoms with Crippen molar-refractivity contribution in [1.29, 1.82) is 0 Å². The normalized spacial score (nSPS) is 15.1. The average Bonchev–Trinajstić information content (AvgIpc) is 2.60. The van der Waals surface area contributed by atoms with Crippen molar-refractivity contribution >= 4 is 5.82 Å². The van der Waals surface area contributed by atoms with E-state index in [1.165, 1.54) is 17.7 Å². The summed E-state index contributed by atoms with van der Waals surface area (Å²) in [6, 6.07) is 4.14. The summed E-state index contributed by atoms with van der Waals surface area (Å²) in [6.07, 6.45) is 3.47. The van der Waals surface area contributed by atoms with E-state index in [1.54, 1.807) is 13.8 Å². The fourth-order valence-corrected chi connectivity index (χ4v) is 1.83. The Balaban J connectivity index is 2.04. The molecule has 3 heteroatoms. The molecule has 2 rings (SSSR count). The number of aliphatic hydroxyl groups is 1. The smallest absolute Gasteiger partial charge is 0.126 e. The second kappa shape index (κ2) is 3.81. The van der Waals surface area contributed by atoms with Gasteiger partial charge in [0.05, 0.1) is 5.60 Å². The number of nitrogens with zero attached hydrogens (tertiary/aromatic N) is 1. The van der Waals surface area contributed by atoms with Gasteiger partial charge in [-0.2, -0.15) is 0 Å². The summed E-state index contributed by atoms with van der Waals surface area (Å²) >= 11 is 0. The van der Waals surface area contributed by atoms with Crippen LogP contribution in [-0.2, 0) is 12.8 Å². The number of nitrogens with one attached hydrogen (secondary N) is 1. The molecule has 82 valence electrons. The molecule has 0 aliphatic heterocycles. The summed E-state index contributed by atoms with van der Waals surface area (Å²) in [4.78, 5) is 4.53. The molecule has 0 unspecified atom stereocenters. The highest BCUT2D eigenvalue weighted by Crippen LogP contribution is 2.21. The van der Waals surface area contributed by atoms with Gasteiger partial charge in [-0.05, 0) is 44.7 Å². The molecular weight excluding hydrogens is 188 g/mol. The number of anilines is 1. The highest BCUT2D eigenvalue weighted by molar-refractivity contribution is 5.40. The van der Waals surface area contributed by atoms with Gasteiger partial charge in [0.15, 0.2) is 0 Å². The quantitative estimate of drug-likeness (QED) is 0.792. The third-order valence-corrected chi connectivity index (χ3v) is 2.63. The number of aryl methyl sites for hydroxylation is 2. The average molecular weight is 206 g/mol. The summed E-state index contributed by atoms with van der Waals surface area (Å²) in [7, 11) is 0. The largest absolute Gasteiger partial charge is 0.389 e. The van der Waals surface area contributed by atoms with Crippen LogP contribution in [0.25, 0.3) is 0 Å². The highest BCUT2D eigenvalue weighted by Gasteiger charge is 2.14. The first kappa shape index (κ1) is 10.4. The van der Waals surface area contributed by atoms with Gasteiger partial charge < -0.3 is 10.4 Å². The highest BCUT2D eigenvalue weighted by atomic mass is 16.3. The molecule has 0 fully saturated rings. The Hall–Kier alpha value is -1.09. The van der Waals surface area contributed by atoms with Crippen LogP contribution in [0, 0.1) is 0 Å². The van der Waals surface area contributed by atoms with Crippen molar-refractivity contribution in [3.63, 3.8) is 0 Å². The van der Waals surface area contributed by atoms with Gasteiger partial charge in [-0.1, -0.05) is 6.07 Å². The monoisotopic (exact) mass is 206 g/mol. The maximum absolute atomic E-state index is 9.58. The minimum atomic E-state index is -0.694. The van der Waals surface area contributed by atoms with Crippen LogP contribution < -0.4 is 5.32 Å². The lowest BCUT2D eigenvalue weighted by Crippen LogP contribution is -2.29. The molecule has 1 aliphatic carbocycles. The first-order valence-corrected chi connectivity index (χ1v) is 5.50. The number of fused-ring (bicyclic) bond motifs is 1. The Labute approximate surface area is 90.5 Å². The molecule has 3 nitrogen and oxygen atoms in total. The van der Waals surface area contributed by atoms with Gasteiger partial charge in [0.1, 0.15) is 5.82 Å². The molecule has 0 spiro atoms. The van der Waals surface area contributed by atoms with Crippen LogP contribution in [0.4, 0.5) is 5.82 Å². The Bertz CT molecular complexity index is 355. The van der Waals surface area contributed by atoms with E-state index in [1.807, 2.05) is 6.07 Å². The molecule has 0 bridgehead atoms. The van der Waals surface area contributed by atoms with Gasteiger partial charge in [0.25, 0.3) is 0 Å². The fraction of sp³-hybridized carbons (Fsp3) is 0.583. The second-order valence-electron chi connectivity index (χ2n) is 4.82. The van der Waals surface area contributed by atoms with Crippen LogP contribution in [0.2, 0.25) is 0 Å². The van der Waals surface area contributed by atoms with E-state index in [-0.39, 0.29) is 0 Å². The van der Waals surface area contributed by atoms with Gasteiger partial charge in [0.2, 0.25) is 0 Å². The third kappa shape index (κ3) is 2.69. The van der Waals surface area contributed by atoms with Crippen LogP contribution in [0.3, 0.4) is 0 Å². The topological polar surface area (TPSA) is 45.1 Å². The molecule has 0 saturated carbocycles. The SMILES string of the molecule is CC(C)(O)CNc1ccc2c(n1)CCC2. The molecular formula is C12H18N2O. The van der Waals surface area contributed by atoms with Crippen LogP contribution in [0.1, 0.15) is 31.5 Å². The summed E-state index contributed by atoms with van der Waals surface area (Å²) in [5, 5.41) is 12.7. The van der Waals surface area contributed by atoms with Crippen molar-refractivity contribution < 1.29 is 5.11 Å². The summed E-state index contributed by atoms with van der Waals surface area (Å²) < 4.78 is 0. The molecule has 0 saturated heterocycles. The number of aromatic nitrogens is 1. The lowest BCUT2D eigenvalue weighted by Gasteiger charge is -2.18. The van der Waals surface area contributed by atoms with Crippen LogP contribution >= 0.6 is 0 Å². The molecule has 1 aromatic rings. The molecule has 2 N–H and O–H groups in total. The van der Waals surface area contributed by atoms with E-state index in [0.717, 1.165) is 18.7 Å². The molecule has 0 atom stereocenters. The zero-order valence-electron chi connectivity index (χ0n) is 9.38. The van der Waals surface area contributed by atoms with E-state index in [2.05, 4.69) is 16.4 Å². The molecule has 1 aliphatic rings. The molecule has 15 heavy (non-hydrogen) atoms. The maximum atomic E-state index is 9.58. The first-order chi connectivity index (χ1) is 7.04. The molecule has 1 heterocycles. The predicted molar refractivity (Wildman–Crippen MR) is 61.0 cm³/mol. The molecule has 0 aromatic carbocycles. The number of pyridine rings is 1. The van der Waals surface area contributed by atoms with E-state index >= 15 is 0 Å². The first-order valence-electron chi connectivity index (χ1n) is 5.50.